The summed E-state index contributed by atoms with van der Waals surface area (Å²) in [5.41, 5.74) is 0. The zero-order valence-electron chi connectivity index (χ0n) is 11.1. The maximum Gasteiger partial charge on any atom is 0.00952 e. The van der Waals surface area contributed by atoms with E-state index in [2.05, 4.69) is 30.9 Å². The highest BCUT2D eigenvalue weighted by molar-refractivity contribution is 7.99. The molecule has 0 heterocycles. The van der Waals surface area contributed by atoms with Crippen LogP contribution in [0, 0.1) is 5.92 Å². The number of nitrogens with one attached hydrogen (secondary N) is 1. The molecule has 96 valence electrons. The third kappa shape index (κ3) is 5.58. The molecule has 2 unspecified atom stereocenters. The molecule has 1 fully saturated rings. The molecule has 0 radical (unpaired) electrons. The fourth-order valence-corrected chi connectivity index (χ4v) is 3.51. The third-order valence-corrected chi connectivity index (χ3v) is 4.68. The highest BCUT2D eigenvalue weighted by atomic mass is 32.2. The standard InChI is InChI=1S/C14H29NS/c1-3-15-14-11-7-5-6-9-13(14)10-8-12-16-4-2/h13-15H,3-12H2,1-2H3. The van der Waals surface area contributed by atoms with E-state index in [1.54, 1.807) is 0 Å². The van der Waals surface area contributed by atoms with Gasteiger partial charge in [0.25, 0.3) is 0 Å². The predicted molar refractivity (Wildman–Crippen MR) is 76.3 cm³/mol. The number of thioether (sulfide) groups is 1. The van der Waals surface area contributed by atoms with Crippen molar-refractivity contribution in [3.05, 3.63) is 0 Å². The summed E-state index contributed by atoms with van der Waals surface area (Å²) in [6, 6.07) is 0.819. The van der Waals surface area contributed by atoms with Gasteiger partial charge in [-0.25, -0.2) is 0 Å². The summed E-state index contributed by atoms with van der Waals surface area (Å²) in [5, 5.41) is 3.71. The maximum absolute atomic E-state index is 3.71. The molecule has 1 nitrogen and oxygen atoms in total. The minimum atomic E-state index is 0.819. The van der Waals surface area contributed by atoms with E-state index in [1.165, 1.54) is 56.5 Å². The maximum atomic E-state index is 3.71. The van der Waals surface area contributed by atoms with E-state index in [9.17, 15) is 0 Å². The van der Waals surface area contributed by atoms with Gasteiger partial charge in [-0.3, -0.25) is 0 Å². The van der Waals surface area contributed by atoms with E-state index in [4.69, 9.17) is 0 Å². The molecule has 0 aliphatic heterocycles. The highest BCUT2D eigenvalue weighted by Crippen LogP contribution is 2.27. The zero-order chi connectivity index (χ0) is 11.6. The van der Waals surface area contributed by atoms with Crippen LogP contribution < -0.4 is 5.32 Å². The van der Waals surface area contributed by atoms with Crippen LogP contribution in [0.4, 0.5) is 0 Å². The van der Waals surface area contributed by atoms with E-state index < -0.39 is 0 Å². The Morgan fingerprint density at radius 2 is 1.94 bits per heavy atom. The van der Waals surface area contributed by atoms with E-state index in [1.807, 2.05) is 0 Å². The first-order valence-electron chi connectivity index (χ1n) is 7.19. The molecule has 1 saturated carbocycles. The second-order valence-corrected chi connectivity index (χ2v) is 6.30. The van der Waals surface area contributed by atoms with Crippen LogP contribution >= 0.6 is 11.8 Å². The molecule has 1 rings (SSSR count). The summed E-state index contributed by atoms with van der Waals surface area (Å²) in [6.07, 6.45) is 10.1. The van der Waals surface area contributed by atoms with Crippen LogP contribution in [-0.4, -0.2) is 24.1 Å². The highest BCUT2D eigenvalue weighted by Gasteiger charge is 2.22. The molecule has 0 aromatic carbocycles. The van der Waals surface area contributed by atoms with Gasteiger partial charge in [0.15, 0.2) is 0 Å². The Morgan fingerprint density at radius 3 is 2.69 bits per heavy atom. The van der Waals surface area contributed by atoms with Crippen molar-refractivity contribution in [2.75, 3.05) is 18.1 Å². The van der Waals surface area contributed by atoms with Gasteiger partial charge in [0, 0.05) is 6.04 Å². The van der Waals surface area contributed by atoms with Crippen molar-refractivity contribution < 1.29 is 0 Å². The molecule has 0 aromatic heterocycles. The van der Waals surface area contributed by atoms with Gasteiger partial charge in [-0.15, -0.1) is 0 Å². The van der Waals surface area contributed by atoms with Gasteiger partial charge in [0.1, 0.15) is 0 Å². The van der Waals surface area contributed by atoms with Crippen molar-refractivity contribution in [3.63, 3.8) is 0 Å². The molecule has 1 aliphatic carbocycles. The summed E-state index contributed by atoms with van der Waals surface area (Å²) in [6.45, 7) is 5.65. The summed E-state index contributed by atoms with van der Waals surface area (Å²) < 4.78 is 0. The molecule has 0 spiro atoms. The van der Waals surface area contributed by atoms with Crippen molar-refractivity contribution in [2.24, 2.45) is 5.92 Å². The Bertz CT molecular complexity index is 161. The summed E-state index contributed by atoms with van der Waals surface area (Å²) in [7, 11) is 0. The lowest BCUT2D eigenvalue weighted by atomic mass is 9.90. The summed E-state index contributed by atoms with van der Waals surface area (Å²) in [5.74, 6) is 3.60. The Hall–Kier alpha value is 0.310. The van der Waals surface area contributed by atoms with Gasteiger partial charge < -0.3 is 5.32 Å². The van der Waals surface area contributed by atoms with Crippen LogP contribution in [0.15, 0.2) is 0 Å². The van der Waals surface area contributed by atoms with E-state index >= 15 is 0 Å². The number of hydrogen-bond acceptors (Lipinski definition) is 2. The summed E-state index contributed by atoms with van der Waals surface area (Å²) >= 11 is 2.10. The molecule has 1 N–H and O–H groups in total. The Labute approximate surface area is 106 Å². The van der Waals surface area contributed by atoms with Crippen LogP contribution in [0.5, 0.6) is 0 Å². The van der Waals surface area contributed by atoms with E-state index in [0.717, 1.165) is 18.5 Å². The van der Waals surface area contributed by atoms with Gasteiger partial charge in [-0.05, 0) is 49.7 Å². The first-order chi connectivity index (χ1) is 7.88. The molecule has 0 bridgehead atoms. The molecule has 16 heavy (non-hydrogen) atoms. The van der Waals surface area contributed by atoms with Crippen molar-refractivity contribution in [1.82, 2.24) is 5.32 Å². The van der Waals surface area contributed by atoms with Crippen molar-refractivity contribution >= 4 is 11.8 Å². The zero-order valence-corrected chi connectivity index (χ0v) is 12.0. The Balaban J connectivity index is 2.26. The molecule has 0 saturated heterocycles. The van der Waals surface area contributed by atoms with Gasteiger partial charge >= 0.3 is 0 Å². The van der Waals surface area contributed by atoms with Crippen molar-refractivity contribution in [2.45, 2.75) is 64.8 Å². The Kier molecular flexibility index (Phi) is 8.40. The van der Waals surface area contributed by atoms with Crippen LogP contribution in [0.1, 0.15) is 58.8 Å². The minimum Gasteiger partial charge on any atom is -0.314 e. The second-order valence-electron chi connectivity index (χ2n) is 4.90. The first-order valence-corrected chi connectivity index (χ1v) is 8.35. The fourth-order valence-electron chi connectivity index (χ4n) is 2.85. The third-order valence-electron chi connectivity index (χ3n) is 3.69. The summed E-state index contributed by atoms with van der Waals surface area (Å²) in [4.78, 5) is 0. The van der Waals surface area contributed by atoms with Crippen LogP contribution in [-0.2, 0) is 0 Å². The van der Waals surface area contributed by atoms with Crippen LogP contribution in [0.3, 0.4) is 0 Å². The molecular weight excluding hydrogens is 214 g/mol. The molecule has 2 atom stereocenters. The van der Waals surface area contributed by atoms with E-state index in [0.29, 0.717) is 0 Å². The predicted octanol–water partition coefficient (Wildman–Crippen LogP) is 4.08. The number of hydrogen-bond donors (Lipinski definition) is 1. The second kappa shape index (κ2) is 9.35. The Morgan fingerprint density at radius 1 is 1.12 bits per heavy atom. The molecule has 1 aliphatic rings. The quantitative estimate of drug-likeness (QED) is 0.534. The van der Waals surface area contributed by atoms with Gasteiger partial charge in [-0.1, -0.05) is 33.1 Å². The SMILES string of the molecule is CCNC1CCCCCC1CCCSCC. The normalized spacial score (nSPS) is 26.6. The lowest BCUT2D eigenvalue weighted by Crippen LogP contribution is -2.35. The largest absolute Gasteiger partial charge is 0.314 e. The van der Waals surface area contributed by atoms with Crippen LogP contribution in [0.2, 0.25) is 0 Å². The smallest absolute Gasteiger partial charge is 0.00952 e. The topological polar surface area (TPSA) is 12.0 Å². The average molecular weight is 243 g/mol. The first kappa shape index (κ1) is 14.4. The molecule has 2 heteroatoms. The van der Waals surface area contributed by atoms with Crippen molar-refractivity contribution in [3.8, 4) is 0 Å². The van der Waals surface area contributed by atoms with Gasteiger partial charge in [0.2, 0.25) is 0 Å². The molecule has 0 aromatic rings. The van der Waals surface area contributed by atoms with Gasteiger partial charge in [0.05, 0.1) is 0 Å². The fraction of sp³-hybridized carbons (Fsp3) is 1.00. The van der Waals surface area contributed by atoms with Gasteiger partial charge in [-0.2, -0.15) is 11.8 Å². The lowest BCUT2D eigenvalue weighted by Gasteiger charge is -2.25. The average Bonchev–Trinajstić information content (AvgIpc) is 2.51. The minimum absolute atomic E-state index is 0.819. The molecular formula is C14H29NS. The number of rotatable bonds is 7. The van der Waals surface area contributed by atoms with E-state index in [-0.39, 0.29) is 0 Å². The molecule has 0 amide bonds. The van der Waals surface area contributed by atoms with Crippen LogP contribution in [0.25, 0.3) is 0 Å². The van der Waals surface area contributed by atoms with Crippen molar-refractivity contribution in [1.29, 1.82) is 0 Å². The monoisotopic (exact) mass is 243 g/mol. The lowest BCUT2D eigenvalue weighted by molar-refractivity contribution is 0.319.